The molecule has 6 heteroatoms. The molecule has 0 amide bonds. The van der Waals surface area contributed by atoms with Crippen molar-refractivity contribution < 1.29 is 4.74 Å². The minimum Gasteiger partial charge on any atom is -0.497 e. The molecule has 164 valence electrons. The quantitative estimate of drug-likeness (QED) is 0.513. The molecule has 0 N–H and O–H groups in total. The van der Waals surface area contributed by atoms with Gasteiger partial charge in [-0.15, -0.1) is 0 Å². The van der Waals surface area contributed by atoms with Crippen molar-refractivity contribution in [1.29, 1.82) is 0 Å². The fourth-order valence-electron chi connectivity index (χ4n) is 4.31. The summed E-state index contributed by atoms with van der Waals surface area (Å²) in [7, 11) is 1.68. The number of hydrogen-bond acceptors (Lipinski definition) is 5. The predicted octanol–water partition coefficient (Wildman–Crippen LogP) is 5.09. The highest BCUT2D eigenvalue weighted by atomic mass is 16.5. The Kier molecular flexibility index (Phi) is 6.48. The number of rotatable bonds is 6. The standard InChI is InChI=1S/C26H29N5O/c1-26(2,27-3)18-31-14-10-19(11-15-31)24-23(21-6-5-7-22(16-21)32-4)17-29-25(30-24)20-8-12-28-13-9-20/h5-9,12-13,16-17,19H,10-11,14-15,18H2,1-2,4H3. The third-order valence-electron chi connectivity index (χ3n) is 6.02. The molecule has 0 unspecified atom stereocenters. The van der Waals surface area contributed by atoms with E-state index in [0.717, 1.165) is 66.4 Å². The molecular weight excluding hydrogens is 398 g/mol. The largest absolute Gasteiger partial charge is 0.497 e. The van der Waals surface area contributed by atoms with Gasteiger partial charge in [-0.1, -0.05) is 12.1 Å². The van der Waals surface area contributed by atoms with Crippen LogP contribution in [0.15, 0.2) is 55.0 Å². The molecule has 0 bridgehead atoms. The average molecular weight is 428 g/mol. The summed E-state index contributed by atoms with van der Waals surface area (Å²) in [5.74, 6) is 1.89. The summed E-state index contributed by atoms with van der Waals surface area (Å²) >= 11 is 0. The molecular formula is C26H29N5O. The Bertz CT molecular complexity index is 1100. The minimum atomic E-state index is -0.345. The van der Waals surface area contributed by atoms with E-state index in [1.54, 1.807) is 19.5 Å². The lowest BCUT2D eigenvalue weighted by Crippen LogP contribution is -2.41. The highest BCUT2D eigenvalue weighted by molar-refractivity contribution is 5.69. The molecule has 6 nitrogen and oxygen atoms in total. The number of likely N-dealkylation sites (tertiary alicyclic amines) is 1. The maximum absolute atomic E-state index is 7.43. The van der Waals surface area contributed by atoms with Crippen molar-refractivity contribution in [1.82, 2.24) is 19.9 Å². The molecule has 0 atom stereocenters. The normalized spacial score (nSPS) is 15.3. The summed E-state index contributed by atoms with van der Waals surface area (Å²) < 4.78 is 5.45. The molecule has 1 aliphatic heterocycles. The van der Waals surface area contributed by atoms with Crippen LogP contribution in [0, 0.1) is 6.57 Å². The Morgan fingerprint density at radius 3 is 2.56 bits per heavy atom. The first kappa shape index (κ1) is 21.9. The molecule has 1 fully saturated rings. The second-order valence-corrected chi connectivity index (χ2v) is 8.94. The number of benzene rings is 1. The van der Waals surface area contributed by atoms with Crippen LogP contribution in [0.2, 0.25) is 0 Å². The number of aromatic nitrogens is 3. The van der Waals surface area contributed by atoms with E-state index in [1.807, 2.05) is 50.4 Å². The Morgan fingerprint density at radius 1 is 1.12 bits per heavy atom. The van der Waals surface area contributed by atoms with Gasteiger partial charge in [0.2, 0.25) is 5.54 Å². The van der Waals surface area contributed by atoms with Crippen LogP contribution in [0.1, 0.15) is 38.3 Å². The van der Waals surface area contributed by atoms with E-state index in [4.69, 9.17) is 16.3 Å². The first-order valence-electron chi connectivity index (χ1n) is 11.0. The zero-order chi connectivity index (χ0) is 22.6. The molecule has 0 radical (unpaired) electrons. The Balaban J connectivity index is 1.66. The van der Waals surface area contributed by atoms with Gasteiger partial charge in [0.15, 0.2) is 5.82 Å². The lowest BCUT2D eigenvalue weighted by atomic mass is 9.88. The van der Waals surface area contributed by atoms with Crippen molar-refractivity contribution >= 4 is 0 Å². The van der Waals surface area contributed by atoms with E-state index in [1.165, 1.54) is 0 Å². The van der Waals surface area contributed by atoms with Crippen molar-refractivity contribution in [2.75, 3.05) is 26.7 Å². The zero-order valence-corrected chi connectivity index (χ0v) is 19.0. The molecule has 1 saturated heterocycles. The lowest BCUT2D eigenvalue weighted by molar-refractivity contribution is 0.189. The first-order valence-corrected chi connectivity index (χ1v) is 11.0. The smallest absolute Gasteiger partial charge is 0.239 e. The van der Waals surface area contributed by atoms with Crippen molar-refractivity contribution in [2.45, 2.75) is 38.1 Å². The van der Waals surface area contributed by atoms with Crippen LogP contribution in [-0.2, 0) is 0 Å². The van der Waals surface area contributed by atoms with Gasteiger partial charge in [0.1, 0.15) is 5.75 Å². The van der Waals surface area contributed by atoms with Gasteiger partial charge in [-0.25, -0.2) is 16.5 Å². The molecule has 32 heavy (non-hydrogen) atoms. The summed E-state index contributed by atoms with van der Waals surface area (Å²) in [4.78, 5) is 20.1. The molecule has 0 aliphatic carbocycles. The second-order valence-electron chi connectivity index (χ2n) is 8.94. The van der Waals surface area contributed by atoms with Crippen LogP contribution in [0.3, 0.4) is 0 Å². The maximum Gasteiger partial charge on any atom is 0.239 e. The summed E-state index contributed by atoms with van der Waals surface area (Å²) in [6, 6.07) is 12.0. The highest BCUT2D eigenvalue weighted by Gasteiger charge is 2.31. The number of piperidine rings is 1. The van der Waals surface area contributed by atoms with Crippen LogP contribution in [0.5, 0.6) is 5.75 Å². The SMILES string of the molecule is [C-]#[N+]C(C)(C)CN1CCC(c2nc(-c3ccncc3)ncc2-c2cccc(OC)c2)CC1. The van der Waals surface area contributed by atoms with Crippen LogP contribution < -0.4 is 4.74 Å². The second kappa shape index (κ2) is 9.46. The predicted molar refractivity (Wildman–Crippen MR) is 126 cm³/mol. The fraction of sp³-hybridized carbons (Fsp3) is 0.385. The van der Waals surface area contributed by atoms with Gasteiger partial charge in [0, 0.05) is 49.5 Å². The highest BCUT2D eigenvalue weighted by Crippen LogP contribution is 2.36. The number of hydrogen-bond donors (Lipinski definition) is 0. The summed E-state index contributed by atoms with van der Waals surface area (Å²) in [5, 5.41) is 0. The van der Waals surface area contributed by atoms with Crippen LogP contribution >= 0.6 is 0 Å². The Labute approximate surface area is 190 Å². The molecule has 0 spiro atoms. The molecule has 2 aromatic heterocycles. The summed E-state index contributed by atoms with van der Waals surface area (Å²) in [5.41, 5.74) is 3.83. The molecule has 4 rings (SSSR count). The molecule has 3 aromatic rings. The first-order chi connectivity index (χ1) is 15.5. The van der Waals surface area contributed by atoms with Crippen LogP contribution in [-0.4, -0.2) is 52.1 Å². The van der Waals surface area contributed by atoms with E-state index in [2.05, 4.69) is 25.8 Å². The number of pyridine rings is 1. The molecule has 3 heterocycles. The van der Waals surface area contributed by atoms with E-state index in [9.17, 15) is 0 Å². The lowest BCUT2D eigenvalue weighted by Gasteiger charge is -2.33. The summed E-state index contributed by atoms with van der Waals surface area (Å²) in [6.45, 7) is 14.2. The van der Waals surface area contributed by atoms with Gasteiger partial charge in [-0.3, -0.25) is 9.88 Å². The fourth-order valence-corrected chi connectivity index (χ4v) is 4.31. The van der Waals surface area contributed by atoms with Crippen molar-refractivity contribution in [3.63, 3.8) is 0 Å². The Morgan fingerprint density at radius 2 is 1.88 bits per heavy atom. The zero-order valence-electron chi connectivity index (χ0n) is 19.0. The molecule has 1 aromatic carbocycles. The van der Waals surface area contributed by atoms with Crippen molar-refractivity contribution in [2.24, 2.45) is 0 Å². The monoisotopic (exact) mass is 427 g/mol. The third-order valence-corrected chi connectivity index (χ3v) is 6.02. The number of ether oxygens (including phenoxy) is 1. The van der Waals surface area contributed by atoms with Gasteiger partial charge in [-0.2, -0.15) is 0 Å². The van der Waals surface area contributed by atoms with Gasteiger partial charge in [0.05, 0.1) is 19.3 Å². The minimum absolute atomic E-state index is 0.340. The number of methoxy groups -OCH3 is 1. The van der Waals surface area contributed by atoms with Crippen molar-refractivity contribution in [3.8, 4) is 28.3 Å². The van der Waals surface area contributed by atoms with E-state index in [0.29, 0.717) is 5.92 Å². The number of nitrogens with zero attached hydrogens (tertiary/aromatic N) is 5. The van der Waals surface area contributed by atoms with Gasteiger partial charge in [-0.05, 0) is 55.8 Å². The van der Waals surface area contributed by atoms with E-state index in [-0.39, 0.29) is 5.54 Å². The third kappa shape index (κ3) is 4.95. The van der Waals surface area contributed by atoms with Crippen molar-refractivity contribution in [3.05, 3.63) is 72.1 Å². The Hall–Kier alpha value is -3.30. The van der Waals surface area contributed by atoms with Crippen LogP contribution in [0.25, 0.3) is 27.4 Å². The van der Waals surface area contributed by atoms with E-state index >= 15 is 0 Å². The molecule has 0 saturated carbocycles. The van der Waals surface area contributed by atoms with Gasteiger partial charge >= 0.3 is 0 Å². The summed E-state index contributed by atoms with van der Waals surface area (Å²) in [6.07, 6.45) is 7.51. The maximum atomic E-state index is 7.43. The molecule has 1 aliphatic rings. The van der Waals surface area contributed by atoms with Crippen LogP contribution in [0.4, 0.5) is 0 Å². The van der Waals surface area contributed by atoms with Gasteiger partial charge in [0.25, 0.3) is 0 Å². The topological polar surface area (TPSA) is 55.5 Å². The van der Waals surface area contributed by atoms with E-state index < -0.39 is 0 Å². The average Bonchev–Trinajstić information content (AvgIpc) is 2.84. The van der Waals surface area contributed by atoms with Gasteiger partial charge < -0.3 is 9.58 Å².